The molecule has 0 heterocycles. The van der Waals surface area contributed by atoms with E-state index in [0.29, 0.717) is 6.61 Å². The second-order valence-electron chi connectivity index (χ2n) is 5.86. The lowest BCUT2D eigenvalue weighted by Crippen LogP contribution is -1.96. The Morgan fingerprint density at radius 2 is 1.29 bits per heavy atom. The fraction of sp³-hybridized carbons (Fsp3) is 0.684. The maximum absolute atomic E-state index is 8.97. The molecule has 0 fully saturated rings. The van der Waals surface area contributed by atoms with Gasteiger partial charge < -0.3 is 9.84 Å². The molecule has 0 aliphatic heterocycles. The number of aliphatic hydroxyl groups is 1. The summed E-state index contributed by atoms with van der Waals surface area (Å²) in [4.78, 5) is 0. The van der Waals surface area contributed by atoms with Crippen molar-refractivity contribution >= 4 is 0 Å². The van der Waals surface area contributed by atoms with E-state index in [9.17, 15) is 0 Å². The molecule has 2 nitrogen and oxygen atoms in total. The zero-order valence-corrected chi connectivity index (χ0v) is 13.7. The van der Waals surface area contributed by atoms with Gasteiger partial charge in [0.1, 0.15) is 0 Å². The molecule has 0 unspecified atom stereocenters. The second-order valence-corrected chi connectivity index (χ2v) is 5.86. The van der Waals surface area contributed by atoms with Crippen LogP contribution in [0.1, 0.15) is 75.8 Å². The summed E-state index contributed by atoms with van der Waals surface area (Å²) in [6, 6.07) is 7.97. The van der Waals surface area contributed by atoms with Crippen molar-refractivity contribution in [2.45, 2.75) is 77.9 Å². The van der Waals surface area contributed by atoms with Crippen molar-refractivity contribution in [1.82, 2.24) is 0 Å². The Hall–Kier alpha value is -0.860. The van der Waals surface area contributed by atoms with E-state index >= 15 is 0 Å². The van der Waals surface area contributed by atoms with Crippen molar-refractivity contribution in [1.29, 1.82) is 0 Å². The number of aliphatic hydroxyl groups excluding tert-OH is 1. The lowest BCUT2D eigenvalue weighted by molar-refractivity contribution is 0.116. The first-order valence-corrected chi connectivity index (χ1v) is 8.63. The molecule has 0 spiro atoms. The second kappa shape index (κ2) is 12.8. The van der Waals surface area contributed by atoms with Gasteiger partial charge in [-0.3, -0.25) is 0 Å². The van der Waals surface area contributed by atoms with Crippen LogP contribution >= 0.6 is 0 Å². The number of hydrogen-bond donors (Lipinski definition) is 1. The first kappa shape index (κ1) is 18.2. The minimum atomic E-state index is 0.111. The van der Waals surface area contributed by atoms with Gasteiger partial charge in [0.05, 0.1) is 13.2 Å². The van der Waals surface area contributed by atoms with E-state index in [1.165, 1.54) is 63.4 Å². The first-order valence-electron chi connectivity index (χ1n) is 8.63. The molecule has 0 radical (unpaired) electrons. The minimum Gasteiger partial charge on any atom is -0.392 e. The molecule has 2 heteroatoms. The predicted octanol–water partition coefficient (Wildman–Crippen LogP) is 5.23. The molecular weight excluding hydrogens is 260 g/mol. The summed E-state index contributed by atoms with van der Waals surface area (Å²) in [6.45, 7) is 3.92. The van der Waals surface area contributed by atoms with Gasteiger partial charge in [-0.15, -0.1) is 0 Å². The largest absolute Gasteiger partial charge is 0.392 e. The molecule has 21 heavy (non-hydrogen) atoms. The van der Waals surface area contributed by atoms with Gasteiger partial charge in [0, 0.05) is 6.61 Å². The fourth-order valence-electron chi connectivity index (χ4n) is 2.45. The monoisotopic (exact) mass is 292 g/mol. The summed E-state index contributed by atoms with van der Waals surface area (Å²) < 4.78 is 5.69. The highest BCUT2D eigenvalue weighted by Gasteiger charge is 1.96. The minimum absolute atomic E-state index is 0.111. The summed E-state index contributed by atoms with van der Waals surface area (Å²) >= 11 is 0. The Labute approximate surface area is 130 Å². The van der Waals surface area contributed by atoms with Crippen LogP contribution in [0.5, 0.6) is 0 Å². The van der Waals surface area contributed by atoms with Gasteiger partial charge >= 0.3 is 0 Å². The number of benzene rings is 1. The van der Waals surface area contributed by atoms with Crippen LogP contribution in [0.2, 0.25) is 0 Å². The van der Waals surface area contributed by atoms with Gasteiger partial charge in [-0.05, 0) is 17.5 Å². The van der Waals surface area contributed by atoms with Crippen LogP contribution in [0, 0.1) is 0 Å². The average Bonchev–Trinajstić information content (AvgIpc) is 2.53. The van der Waals surface area contributed by atoms with E-state index < -0.39 is 0 Å². The normalized spacial score (nSPS) is 11.0. The smallest absolute Gasteiger partial charge is 0.0716 e. The fourth-order valence-corrected chi connectivity index (χ4v) is 2.45. The van der Waals surface area contributed by atoms with Crippen molar-refractivity contribution in [3.8, 4) is 0 Å². The third kappa shape index (κ3) is 9.65. The Kier molecular flexibility index (Phi) is 11.1. The summed E-state index contributed by atoms with van der Waals surface area (Å²) in [5.41, 5.74) is 2.14. The third-order valence-electron chi connectivity index (χ3n) is 3.87. The molecule has 0 amide bonds. The highest BCUT2D eigenvalue weighted by Crippen LogP contribution is 2.10. The number of rotatable bonds is 13. The van der Waals surface area contributed by atoms with Gasteiger partial charge in [0.2, 0.25) is 0 Å². The molecule has 0 saturated heterocycles. The summed E-state index contributed by atoms with van der Waals surface area (Å²) in [7, 11) is 0. The standard InChI is InChI=1S/C19H32O2/c1-2-3-4-5-6-7-8-9-10-15-21-17-19-13-11-18(16-20)12-14-19/h11-14,20H,2-10,15-17H2,1H3. The Bertz CT molecular complexity index is 332. The van der Waals surface area contributed by atoms with E-state index in [2.05, 4.69) is 6.92 Å². The molecular formula is C19H32O2. The zero-order valence-electron chi connectivity index (χ0n) is 13.7. The quantitative estimate of drug-likeness (QED) is 0.505. The van der Waals surface area contributed by atoms with Crippen LogP contribution in [0.3, 0.4) is 0 Å². The van der Waals surface area contributed by atoms with Gasteiger partial charge in [-0.1, -0.05) is 82.6 Å². The molecule has 1 N–H and O–H groups in total. The number of hydrogen-bond acceptors (Lipinski definition) is 2. The topological polar surface area (TPSA) is 29.5 Å². The van der Waals surface area contributed by atoms with Gasteiger partial charge in [-0.25, -0.2) is 0 Å². The molecule has 0 aromatic heterocycles. The molecule has 1 aromatic carbocycles. The predicted molar refractivity (Wildman–Crippen MR) is 89.2 cm³/mol. The Balaban J connectivity index is 1.88. The van der Waals surface area contributed by atoms with Crippen LogP contribution in [-0.4, -0.2) is 11.7 Å². The number of ether oxygens (including phenoxy) is 1. The van der Waals surface area contributed by atoms with Crippen LogP contribution in [0.4, 0.5) is 0 Å². The molecule has 0 atom stereocenters. The van der Waals surface area contributed by atoms with Gasteiger partial charge in [-0.2, -0.15) is 0 Å². The Morgan fingerprint density at radius 1 is 0.762 bits per heavy atom. The molecule has 1 rings (SSSR count). The van der Waals surface area contributed by atoms with E-state index in [0.717, 1.165) is 12.2 Å². The Morgan fingerprint density at radius 3 is 1.86 bits per heavy atom. The van der Waals surface area contributed by atoms with Crippen molar-refractivity contribution < 1.29 is 9.84 Å². The van der Waals surface area contributed by atoms with Crippen LogP contribution in [0.15, 0.2) is 24.3 Å². The van der Waals surface area contributed by atoms with Gasteiger partial charge in [0.15, 0.2) is 0 Å². The molecule has 0 aliphatic rings. The summed E-state index contributed by atoms with van der Waals surface area (Å²) in [5.74, 6) is 0. The van der Waals surface area contributed by atoms with E-state index in [1.807, 2.05) is 24.3 Å². The molecule has 0 bridgehead atoms. The van der Waals surface area contributed by atoms with Gasteiger partial charge in [0.25, 0.3) is 0 Å². The first-order chi connectivity index (χ1) is 10.4. The maximum Gasteiger partial charge on any atom is 0.0716 e. The van der Waals surface area contributed by atoms with E-state index in [4.69, 9.17) is 9.84 Å². The van der Waals surface area contributed by atoms with Crippen LogP contribution in [0.25, 0.3) is 0 Å². The highest BCUT2D eigenvalue weighted by molar-refractivity contribution is 5.21. The van der Waals surface area contributed by atoms with Crippen molar-refractivity contribution in [2.75, 3.05) is 6.61 Å². The molecule has 120 valence electrons. The van der Waals surface area contributed by atoms with Crippen LogP contribution in [-0.2, 0) is 18.0 Å². The van der Waals surface area contributed by atoms with E-state index in [-0.39, 0.29) is 6.61 Å². The molecule has 1 aromatic rings. The number of unbranched alkanes of at least 4 members (excludes halogenated alkanes) is 8. The SMILES string of the molecule is CCCCCCCCCCCOCc1ccc(CO)cc1. The van der Waals surface area contributed by atoms with Crippen molar-refractivity contribution in [3.63, 3.8) is 0 Å². The van der Waals surface area contributed by atoms with Crippen molar-refractivity contribution in [3.05, 3.63) is 35.4 Å². The summed E-state index contributed by atoms with van der Waals surface area (Å²) in [5, 5.41) is 8.97. The van der Waals surface area contributed by atoms with Crippen molar-refractivity contribution in [2.24, 2.45) is 0 Å². The lowest BCUT2D eigenvalue weighted by atomic mass is 10.1. The zero-order chi connectivity index (χ0) is 15.2. The molecule has 0 aliphatic carbocycles. The van der Waals surface area contributed by atoms with Crippen LogP contribution < -0.4 is 0 Å². The van der Waals surface area contributed by atoms with E-state index in [1.54, 1.807) is 0 Å². The third-order valence-corrected chi connectivity index (χ3v) is 3.87. The highest BCUT2D eigenvalue weighted by atomic mass is 16.5. The molecule has 0 saturated carbocycles. The summed E-state index contributed by atoms with van der Waals surface area (Å²) in [6.07, 6.45) is 12.1. The average molecular weight is 292 g/mol. The maximum atomic E-state index is 8.97. The lowest BCUT2D eigenvalue weighted by Gasteiger charge is -2.05.